The first-order chi connectivity index (χ1) is 15.8. The number of unbranched alkanes of at least 4 members (excludes halogenated alkanes) is 1. The molecule has 1 N–H and O–H groups in total. The molecular weight excluding hydrogens is 426 g/mol. The molecule has 2 aromatic heterocycles. The van der Waals surface area contributed by atoms with E-state index in [2.05, 4.69) is 29.1 Å². The third-order valence-electron chi connectivity index (χ3n) is 6.53. The molecule has 0 aromatic carbocycles. The molecule has 6 nitrogen and oxygen atoms in total. The highest BCUT2D eigenvalue weighted by molar-refractivity contribution is 5.93. The van der Waals surface area contributed by atoms with Crippen LogP contribution in [0.2, 0.25) is 0 Å². The van der Waals surface area contributed by atoms with Gasteiger partial charge in [-0.05, 0) is 56.1 Å². The topological polar surface area (TPSA) is 69.0 Å². The summed E-state index contributed by atoms with van der Waals surface area (Å²) in [5.41, 5.74) is 1.71. The number of pyridine rings is 1. The van der Waals surface area contributed by atoms with Crippen LogP contribution in [0, 0.1) is 18.8 Å². The SMILES string of the molecule is CCCCc1cnc(-n2c(CC)nc(C(=O)NCC3CCC(C)CC3)c2C)c(OC(F)F)c1. The van der Waals surface area contributed by atoms with Crippen LogP contribution >= 0.6 is 0 Å². The maximum Gasteiger partial charge on any atom is 0.387 e. The van der Waals surface area contributed by atoms with E-state index in [-0.39, 0.29) is 17.5 Å². The van der Waals surface area contributed by atoms with Gasteiger partial charge in [0.05, 0.1) is 5.69 Å². The van der Waals surface area contributed by atoms with Crippen LogP contribution in [0.4, 0.5) is 8.78 Å². The van der Waals surface area contributed by atoms with Crippen LogP contribution in [0.3, 0.4) is 0 Å². The van der Waals surface area contributed by atoms with Crippen LogP contribution in [0.5, 0.6) is 5.75 Å². The van der Waals surface area contributed by atoms with Crippen LogP contribution in [-0.4, -0.2) is 33.6 Å². The Morgan fingerprint density at radius 1 is 1.27 bits per heavy atom. The van der Waals surface area contributed by atoms with Crippen molar-refractivity contribution in [1.29, 1.82) is 0 Å². The van der Waals surface area contributed by atoms with Crippen molar-refractivity contribution in [3.8, 4) is 11.6 Å². The van der Waals surface area contributed by atoms with Gasteiger partial charge in [0.2, 0.25) is 0 Å². The number of amides is 1. The van der Waals surface area contributed by atoms with Gasteiger partial charge in [-0.1, -0.05) is 40.0 Å². The summed E-state index contributed by atoms with van der Waals surface area (Å²) >= 11 is 0. The molecule has 8 heteroatoms. The lowest BCUT2D eigenvalue weighted by atomic mass is 9.83. The van der Waals surface area contributed by atoms with Crippen molar-refractivity contribution in [2.45, 2.75) is 85.7 Å². The fourth-order valence-electron chi connectivity index (χ4n) is 4.49. The largest absolute Gasteiger partial charge is 0.431 e. The minimum atomic E-state index is -2.97. The van der Waals surface area contributed by atoms with Gasteiger partial charge in [-0.3, -0.25) is 9.36 Å². The summed E-state index contributed by atoms with van der Waals surface area (Å²) in [6.07, 6.45) is 9.50. The fourth-order valence-corrected chi connectivity index (χ4v) is 4.49. The zero-order chi connectivity index (χ0) is 24.0. The smallest absolute Gasteiger partial charge is 0.387 e. The predicted molar refractivity (Wildman–Crippen MR) is 124 cm³/mol. The predicted octanol–water partition coefficient (Wildman–Crippen LogP) is 5.64. The van der Waals surface area contributed by atoms with Gasteiger partial charge in [-0.2, -0.15) is 8.78 Å². The van der Waals surface area contributed by atoms with E-state index in [1.54, 1.807) is 23.8 Å². The van der Waals surface area contributed by atoms with Gasteiger partial charge in [0.15, 0.2) is 11.6 Å². The van der Waals surface area contributed by atoms with Crippen molar-refractivity contribution in [2.24, 2.45) is 11.8 Å². The lowest BCUT2D eigenvalue weighted by Crippen LogP contribution is -2.31. The standard InChI is InChI=1S/C25H36F2N4O2/c1-5-7-8-19-13-20(33-25(26)27)23(28-15-19)31-17(4)22(30-21(31)6-2)24(32)29-14-18-11-9-16(3)10-12-18/h13,15-16,18,25H,5-12,14H2,1-4H3,(H,29,32). The Labute approximate surface area is 195 Å². The molecule has 1 amide bonds. The average molecular weight is 463 g/mol. The molecule has 0 bridgehead atoms. The Bertz CT molecular complexity index is 937. The molecule has 3 rings (SSSR count). The van der Waals surface area contributed by atoms with Crippen LogP contribution < -0.4 is 10.1 Å². The molecule has 0 unspecified atom stereocenters. The molecule has 0 saturated heterocycles. The van der Waals surface area contributed by atoms with Crippen molar-refractivity contribution >= 4 is 5.91 Å². The highest BCUT2D eigenvalue weighted by atomic mass is 19.3. The van der Waals surface area contributed by atoms with E-state index in [9.17, 15) is 13.6 Å². The second kappa shape index (κ2) is 11.6. The minimum Gasteiger partial charge on any atom is -0.431 e. The molecular formula is C25H36F2N4O2. The Morgan fingerprint density at radius 2 is 2.00 bits per heavy atom. The molecule has 0 atom stereocenters. The summed E-state index contributed by atoms with van der Waals surface area (Å²) < 4.78 is 32.9. The van der Waals surface area contributed by atoms with Crippen LogP contribution in [0.1, 0.15) is 86.9 Å². The number of nitrogens with zero attached hydrogens (tertiary/aromatic N) is 3. The number of imidazole rings is 1. The highest BCUT2D eigenvalue weighted by Gasteiger charge is 2.25. The van der Waals surface area contributed by atoms with Gasteiger partial charge in [0, 0.05) is 19.2 Å². The highest BCUT2D eigenvalue weighted by Crippen LogP contribution is 2.29. The van der Waals surface area contributed by atoms with E-state index < -0.39 is 6.61 Å². The quantitative estimate of drug-likeness (QED) is 0.496. The number of aromatic nitrogens is 3. The molecule has 0 spiro atoms. The van der Waals surface area contributed by atoms with Gasteiger partial charge in [-0.25, -0.2) is 9.97 Å². The van der Waals surface area contributed by atoms with Gasteiger partial charge in [-0.15, -0.1) is 0 Å². The molecule has 1 aliphatic rings. The number of halogens is 2. The van der Waals surface area contributed by atoms with E-state index in [1.165, 1.54) is 12.8 Å². The second-order valence-electron chi connectivity index (χ2n) is 9.13. The van der Waals surface area contributed by atoms with Gasteiger partial charge in [0.25, 0.3) is 5.91 Å². The number of rotatable bonds is 10. The van der Waals surface area contributed by atoms with Gasteiger partial charge < -0.3 is 10.1 Å². The number of alkyl halides is 2. The summed E-state index contributed by atoms with van der Waals surface area (Å²) in [4.78, 5) is 22.0. The molecule has 0 aliphatic heterocycles. The molecule has 2 heterocycles. The zero-order valence-corrected chi connectivity index (χ0v) is 20.2. The third-order valence-corrected chi connectivity index (χ3v) is 6.53. The van der Waals surface area contributed by atoms with Crippen molar-refractivity contribution in [2.75, 3.05) is 6.54 Å². The van der Waals surface area contributed by atoms with Crippen molar-refractivity contribution in [1.82, 2.24) is 19.9 Å². The van der Waals surface area contributed by atoms with Crippen LogP contribution in [0.25, 0.3) is 5.82 Å². The summed E-state index contributed by atoms with van der Waals surface area (Å²) in [5, 5.41) is 3.03. The average Bonchev–Trinajstić information content (AvgIpc) is 3.13. The molecule has 1 aliphatic carbocycles. The Morgan fingerprint density at radius 3 is 2.64 bits per heavy atom. The normalized spacial score (nSPS) is 18.5. The van der Waals surface area contributed by atoms with Crippen LogP contribution in [-0.2, 0) is 12.8 Å². The number of nitrogens with one attached hydrogen (secondary N) is 1. The van der Waals surface area contributed by atoms with Crippen molar-refractivity contribution in [3.05, 3.63) is 35.0 Å². The number of carbonyl (C=O) groups is 1. The minimum absolute atomic E-state index is 0.00270. The van der Waals surface area contributed by atoms with Crippen molar-refractivity contribution in [3.63, 3.8) is 0 Å². The maximum atomic E-state index is 13.2. The number of aryl methyl sites for hydroxylation is 2. The molecule has 1 saturated carbocycles. The second-order valence-corrected chi connectivity index (χ2v) is 9.13. The lowest BCUT2D eigenvalue weighted by molar-refractivity contribution is -0.0501. The number of hydrogen-bond acceptors (Lipinski definition) is 4. The van der Waals surface area contributed by atoms with E-state index in [0.717, 1.165) is 43.6 Å². The van der Waals surface area contributed by atoms with Crippen LogP contribution in [0.15, 0.2) is 12.3 Å². The summed E-state index contributed by atoms with van der Waals surface area (Å²) in [5.74, 6) is 1.82. The molecule has 0 radical (unpaired) electrons. The Kier molecular flexibility index (Phi) is 8.80. The number of ether oxygens (including phenoxy) is 1. The third kappa shape index (κ3) is 6.30. The molecule has 2 aromatic rings. The fraction of sp³-hybridized carbons (Fsp3) is 0.640. The van der Waals surface area contributed by atoms with E-state index in [1.807, 2.05) is 6.92 Å². The number of hydrogen-bond donors (Lipinski definition) is 1. The summed E-state index contributed by atoms with van der Waals surface area (Å²) in [6, 6.07) is 1.62. The number of carbonyl (C=O) groups excluding carboxylic acids is 1. The zero-order valence-electron chi connectivity index (χ0n) is 20.2. The van der Waals surface area contributed by atoms with Crippen molar-refractivity contribution < 1.29 is 18.3 Å². The monoisotopic (exact) mass is 462 g/mol. The first kappa shape index (κ1) is 25.1. The first-order valence-electron chi connectivity index (χ1n) is 12.1. The van der Waals surface area contributed by atoms with E-state index in [0.29, 0.717) is 36.1 Å². The first-order valence-corrected chi connectivity index (χ1v) is 12.1. The molecule has 33 heavy (non-hydrogen) atoms. The lowest BCUT2D eigenvalue weighted by Gasteiger charge is -2.26. The summed E-state index contributed by atoms with van der Waals surface area (Å²) in [7, 11) is 0. The van der Waals surface area contributed by atoms with E-state index in [4.69, 9.17) is 4.74 Å². The Hall–Kier alpha value is -2.51. The molecule has 1 fully saturated rings. The maximum absolute atomic E-state index is 13.2. The Balaban J connectivity index is 1.86. The molecule has 182 valence electrons. The van der Waals surface area contributed by atoms with Gasteiger partial charge >= 0.3 is 6.61 Å². The van der Waals surface area contributed by atoms with E-state index >= 15 is 0 Å². The summed E-state index contributed by atoms with van der Waals surface area (Å²) in [6.45, 7) is 5.68. The van der Waals surface area contributed by atoms with Gasteiger partial charge in [0.1, 0.15) is 11.5 Å².